The molecule has 0 bridgehead atoms. The molecule has 0 aromatic heterocycles. The van der Waals surface area contributed by atoms with Gasteiger partial charge < -0.3 is 0 Å². The summed E-state index contributed by atoms with van der Waals surface area (Å²) in [4.78, 5) is 5.38. The molecule has 0 fully saturated rings. The third kappa shape index (κ3) is 7.08. The maximum absolute atomic E-state index is 5.38. The molecular formula is C67H47N. The van der Waals surface area contributed by atoms with Crippen molar-refractivity contribution in [2.24, 2.45) is 4.99 Å². The van der Waals surface area contributed by atoms with Gasteiger partial charge in [0.05, 0.1) is 16.8 Å². The summed E-state index contributed by atoms with van der Waals surface area (Å²) in [5.41, 5.74) is 21.6. The molecule has 0 atom stereocenters. The van der Waals surface area contributed by atoms with Crippen LogP contribution in [0.1, 0.15) is 45.4 Å². The molecular weight excluding hydrogens is 819 g/mol. The molecule has 0 amide bonds. The Kier molecular flexibility index (Phi) is 10.4. The number of aliphatic imine (C=N–C) groups is 1. The van der Waals surface area contributed by atoms with Crippen molar-refractivity contribution < 1.29 is 0 Å². The van der Waals surface area contributed by atoms with E-state index in [-0.39, 0.29) is 0 Å². The van der Waals surface area contributed by atoms with Crippen molar-refractivity contribution in [2.45, 2.75) is 11.8 Å². The number of fused-ring (bicyclic) bond motifs is 4. The largest absolute Gasteiger partial charge is 0.252 e. The van der Waals surface area contributed by atoms with Crippen LogP contribution in [0.25, 0.3) is 66.6 Å². The third-order valence-corrected chi connectivity index (χ3v) is 14.0. The third-order valence-electron chi connectivity index (χ3n) is 14.0. The molecule has 12 rings (SSSR count). The van der Waals surface area contributed by atoms with E-state index < -0.39 is 5.41 Å². The van der Waals surface area contributed by atoms with Crippen molar-refractivity contribution in [3.63, 3.8) is 0 Å². The molecule has 1 heteroatoms. The van der Waals surface area contributed by atoms with Crippen molar-refractivity contribution >= 4 is 27.8 Å². The summed E-state index contributed by atoms with van der Waals surface area (Å²) in [6.45, 7) is 4.79. The number of hydrogen-bond donors (Lipinski definition) is 0. The van der Waals surface area contributed by atoms with Gasteiger partial charge in [0.2, 0.25) is 0 Å². The standard InChI is InChI=1S/C67H47N/c1-46-43-66(51-35-33-48(34-36-51)47-19-6-2-7-20-47)68-65(50-22-8-3-9-23-50)42-40-56(46)52-37-39-58(61(44-52)59-31-18-24-49-21-14-15-29-57(49)59)53-38-41-64-62(45-53)60-30-16-17-32-63(60)67(64,54-25-10-4-11-26-54)55-27-12-5-13-28-55/h2-42,44-45H,1,43H2/b56-40+,65-42+,68-66?. The van der Waals surface area contributed by atoms with Gasteiger partial charge >= 0.3 is 0 Å². The molecule has 68 heavy (non-hydrogen) atoms. The molecule has 2 aliphatic rings. The van der Waals surface area contributed by atoms with Crippen molar-refractivity contribution in [3.05, 3.63) is 312 Å². The zero-order valence-corrected chi connectivity index (χ0v) is 37.7. The van der Waals surface area contributed by atoms with Gasteiger partial charge in [0, 0.05) is 12.0 Å². The first-order valence-corrected chi connectivity index (χ1v) is 23.5. The highest BCUT2D eigenvalue weighted by Gasteiger charge is 2.46. The molecule has 0 N–H and O–H groups in total. The Morgan fingerprint density at radius 2 is 0.882 bits per heavy atom. The van der Waals surface area contributed by atoms with Crippen LogP contribution in [0, 0.1) is 0 Å². The van der Waals surface area contributed by atoms with E-state index in [1.165, 1.54) is 77.5 Å². The monoisotopic (exact) mass is 865 g/mol. The van der Waals surface area contributed by atoms with Crippen molar-refractivity contribution in [3.8, 4) is 44.5 Å². The summed E-state index contributed by atoms with van der Waals surface area (Å²) in [6.07, 6.45) is 4.99. The highest BCUT2D eigenvalue weighted by molar-refractivity contribution is 6.08. The summed E-state index contributed by atoms with van der Waals surface area (Å²) in [5, 5.41) is 2.43. The molecule has 10 aromatic rings. The summed E-state index contributed by atoms with van der Waals surface area (Å²) in [5.74, 6) is 0. The lowest BCUT2D eigenvalue weighted by Crippen LogP contribution is -2.28. The second kappa shape index (κ2) is 17.3. The van der Waals surface area contributed by atoms with Gasteiger partial charge in [-0.2, -0.15) is 0 Å². The first-order chi connectivity index (χ1) is 33.6. The summed E-state index contributed by atoms with van der Waals surface area (Å²) in [7, 11) is 0. The van der Waals surface area contributed by atoms with Gasteiger partial charge in [-0.05, 0) is 118 Å². The van der Waals surface area contributed by atoms with Crippen LogP contribution in [0.15, 0.2) is 278 Å². The highest BCUT2D eigenvalue weighted by atomic mass is 14.8. The fraction of sp³-hybridized carbons (Fsp3) is 0.0299. The Balaban J connectivity index is 1.02. The Morgan fingerprint density at radius 1 is 0.353 bits per heavy atom. The molecule has 320 valence electrons. The van der Waals surface area contributed by atoms with E-state index in [1.54, 1.807) is 0 Å². The van der Waals surface area contributed by atoms with Gasteiger partial charge in [-0.3, -0.25) is 4.99 Å². The van der Waals surface area contributed by atoms with E-state index in [9.17, 15) is 0 Å². The average molecular weight is 866 g/mol. The molecule has 0 unspecified atom stereocenters. The van der Waals surface area contributed by atoms with Crippen LogP contribution in [0.2, 0.25) is 0 Å². The molecule has 0 saturated heterocycles. The SMILES string of the molecule is C=C1CC(c2ccc(-c3ccccc3)cc2)=N/C(c2ccccc2)=C/C=C\1c1ccc(-c2ccc3c(c2)-c2ccccc2C3(c2ccccc2)c2ccccc2)c(-c2cccc3ccccc23)c1. The van der Waals surface area contributed by atoms with E-state index in [4.69, 9.17) is 11.6 Å². The minimum Gasteiger partial charge on any atom is -0.252 e. The van der Waals surface area contributed by atoms with Gasteiger partial charge in [-0.25, -0.2) is 0 Å². The minimum atomic E-state index is -0.460. The predicted molar refractivity (Wildman–Crippen MR) is 287 cm³/mol. The lowest BCUT2D eigenvalue weighted by molar-refractivity contribution is 0.768. The maximum Gasteiger partial charge on any atom is 0.0713 e. The Labute approximate surface area is 399 Å². The molecule has 1 aliphatic carbocycles. The number of nitrogens with zero attached hydrogens (tertiary/aromatic N) is 1. The zero-order chi connectivity index (χ0) is 45.4. The normalized spacial score (nSPS) is 15.5. The van der Waals surface area contributed by atoms with Gasteiger partial charge in [0.1, 0.15) is 0 Å². The number of allylic oxidation sites excluding steroid dienone is 4. The first kappa shape index (κ1) is 40.8. The highest BCUT2D eigenvalue weighted by Crippen LogP contribution is 2.57. The van der Waals surface area contributed by atoms with Crippen LogP contribution in [-0.2, 0) is 5.41 Å². The first-order valence-electron chi connectivity index (χ1n) is 23.5. The molecule has 0 radical (unpaired) electrons. The van der Waals surface area contributed by atoms with Crippen LogP contribution in [0.3, 0.4) is 0 Å². The Morgan fingerprint density at radius 3 is 1.62 bits per heavy atom. The number of hydrogen-bond acceptors (Lipinski definition) is 1. The van der Waals surface area contributed by atoms with E-state index in [0.717, 1.165) is 39.2 Å². The Hall–Kier alpha value is -8.65. The fourth-order valence-electron chi connectivity index (χ4n) is 10.8. The van der Waals surface area contributed by atoms with Crippen LogP contribution >= 0.6 is 0 Å². The van der Waals surface area contributed by atoms with E-state index in [0.29, 0.717) is 6.42 Å². The molecule has 1 aliphatic heterocycles. The number of rotatable bonds is 8. The maximum atomic E-state index is 5.38. The van der Waals surface area contributed by atoms with Gasteiger partial charge in [0.25, 0.3) is 0 Å². The molecule has 0 spiro atoms. The number of benzene rings is 10. The topological polar surface area (TPSA) is 12.4 Å². The minimum absolute atomic E-state index is 0.460. The van der Waals surface area contributed by atoms with E-state index in [2.05, 4.69) is 261 Å². The summed E-state index contributed by atoms with van der Waals surface area (Å²) >= 11 is 0. The molecule has 1 nitrogen and oxygen atoms in total. The quantitative estimate of drug-likeness (QED) is 0.144. The van der Waals surface area contributed by atoms with Crippen molar-refractivity contribution in [1.29, 1.82) is 0 Å². The zero-order valence-electron chi connectivity index (χ0n) is 37.7. The van der Waals surface area contributed by atoms with Crippen molar-refractivity contribution in [1.82, 2.24) is 0 Å². The second-order valence-electron chi connectivity index (χ2n) is 17.9. The van der Waals surface area contributed by atoms with Crippen LogP contribution in [0.4, 0.5) is 0 Å². The predicted octanol–water partition coefficient (Wildman–Crippen LogP) is 17.1. The second-order valence-corrected chi connectivity index (χ2v) is 17.9. The summed E-state index contributed by atoms with van der Waals surface area (Å²) < 4.78 is 0. The molecule has 1 heterocycles. The fourth-order valence-corrected chi connectivity index (χ4v) is 10.8. The lowest BCUT2D eigenvalue weighted by atomic mass is 9.67. The molecule has 0 saturated carbocycles. The van der Waals surface area contributed by atoms with Gasteiger partial charge in [-0.15, -0.1) is 0 Å². The summed E-state index contributed by atoms with van der Waals surface area (Å²) in [6, 6.07) is 90.6. The van der Waals surface area contributed by atoms with Gasteiger partial charge in [0.15, 0.2) is 0 Å². The molecule has 10 aromatic carbocycles. The van der Waals surface area contributed by atoms with E-state index in [1.807, 2.05) is 0 Å². The smallest absolute Gasteiger partial charge is 0.0713 e. The van der Waals surface area contributed by atoms with Crippen LogP contribution in [0.5, 0.6) is 0 Å². The van der Waals surface area contributed by atoms with Gasteiger partial charge in [-0.1, -0.05) is 249 Å². The van der Waals surface area contributed by atoms with Crippen LogP contribution < -0.4 is 0 Å². The average Bonchev–Trinajstić information content (AvgIpc) is 3.71. The van der Waals surface area contributed by atoms with Crippen molar-refractivity contribution in [2.75, 3.05) is 0 Å². The Bertz CT molecular complexity index is 3570. The van der Waals surface area contributed by atoms with E-state index >= 15 is 0 Å². The van der Waals surface area contributed by atoms with Crippen LogP contribution in [-0.4, -0.2) is 5.71 Å². The lowest BCUT2D eigenvalue weighted by Gasteiger charge is -2.33.